The second-order valence-corrected chi connectivity index (χ2v) is 3.70. The molecule has 0 spiro atoms. The van der Waals surface area contributed by atoms with Crippen LogP contribution in [0.1, 0.15) is 12.8 Å². The van der Waals surface area contributed by atoms with Gasteiger partial charge in [0, 0.05) is 0 Å². The molecule has 0 bridgehead atoms. The Morgan fingerprint density at radius 2 is 1.94 bits per heavy atom. The van der Waals surface area contributed by atoms with Gasteiger partial charge in [0.1, 0.15) is 0 Å². The van der Waals surface area contributed by atoms with Crippen molar-refractivity contribution in [2.75, 3.05) is 5.32 Å². The molecule has 1 saturated carbocycles. The van der Waals surface area contributed by atoms with Gasteiger partial charge in [-0.05, 0) is 25.0 Å². The SMILES string of the molecule is NNC(=NC1CC1)Nc1ccc(F)c(F)c1F. The number of hydrazine groups is 1. The van der Waals surface area contributed by atoms with Crippen molar-refractivity contribution in [3.8, 4) is 0 Å². The number of hydrogen-bond donors (Lipinski definition) is 3. The van der Waals surface area contributed by atoms with Crippen molar-refractivity contribution in [3.63, 3.8) is 0 Å². The van der Waals surface area contributed by atoms with Crippen LogP contribution in [-0.2, 0) is 0 Å². The summed E-state index contributed by atoms with van der Waals surface area (Å²) in [5, 5.41) is 2.47. The first-order valence-corrected chi connectivity index (χ1v) is 5.06. The van der Waals surface area contributed by atoms with Gasteiger partial charge in [-0.25, -0.2) is 24.0 Å². The summed E-state index contributed by atoms with van der Waals surface area (Å²) < 4.78 is 38.9. The summed E-state index contributed by atoms with van der Waals surface area (Å²) >= 11 is 0. The lowest BCUT2D eigenvalue weighted by Gasteiger charge is -2.10. The van der Waals surface area contributed by atoms with E-state index in [0.29, 0.717) is 0 Å². The fraction of sp³-hybridized carbons (Fsp3) is 0.300. The van der Waals surface area contributed by atoms with Crippen LogP contribution in [0.5, 0.6) is 0 Å². The van der Waals surface area contributed by atoms with Crippen LogP contribution in [0.25, 0.3) is 0 Å². The van der Waals surface area contributed by atoms with Gasteiger partial charge in [-0.2, -0.15) is 0 Å². The van der Waals surface area contributed by atoms with E-state index in [0.717, 1.165) is 25.0 Å². The molecule has 92 valence electrons. The minimum atomic E-state index is -1.53. The molecule has 0 aliphatic heterocycles. The van der Waals surface area contributed by atoms with E-state index < -0.39 is 17.5 Å². The number of guanidine groups is 1. The number of hydrogen-bond acceptors (Lipinski definition) is 2. The minimum Gasteiger partial charge on any atom is -0.323 e. The van der Waals surface area contributed by atoms with Crippen LogP contribution in [0.3, 0.4) is 0 Å². The first-order chi connectivity index (χ1) is 8.11. The van der Waals surface area contributed by atoms with E-state index in [1.807, 2.05) is 0 Å². The number of anilines is 1. The third kappa shape index (κ3) is 2.68. The van der Waals surface area contributed by atoms with Crippen molar-refractivity contribution in [2.24, 2.45) is 10.8 Å². The maximum atomic E-state index is 13.3. The molecule has 17 heavy (non-hydrogen) atoms. The summed E-state index contributed by atoms with van der Waals surface area (Å²) in [6, 6.07) is 2.06. The van der Waals surface area contributed by atoms with E-state index in [4.69, 9.17) is 5.84 Å². The summed E-state index contributed by atoms with van der Waals surface area (Å²) in [5.41, 5.74) is 2.02. The second kappa shape index (κ2) is 4.62. The molecule has 0 atom stereocenters. The third-order valence-corrected chi connectivity index (χ3v) is 2.28. The van der Waals surface area contributed by atoms with E-state index in [2.05, 4.69) is 15.7 Å². The number of nitrogens with zero attached hydrogens (tertiary/aromatic N) is 1. The summed E-state index contributed by atoms with van der Waals surface area (Å²) in [4.78, 5) is 4.08. The molecule has 1 aromatic rings. The van der Waals surface area contributed by atoms with Gasteiger partial charge in [-0.1, -0.05) is 0 Å². The number of benzene rings is 1. The predicted octanol–water partition coefficient (Wildman–Crippen LogP) is 1.50. The van der Waals surface area contributed by atoms with Gasteiger partial charge in [0.15, 0.2) is 17.5 Å². The average Bonchev–Trinajstić information content (AvgIpc) is 3.12. The van der Waals surface area contributed by atoms with Gasteiger partial charge < -0.3 is 5.32 Å². The first-order valence-electron chi connectivity index (χ1n) is 5.06. The summed E-state index contributed by atoms with van der Waals surface area (Å²) in [5.74, 6) is 1.23. The summed E-state index contributed by atoms with van der Waals surface area (Å²) in [6.07, 6.45) is 1.88. The van der Waals surface area contributed by atoms with Crippen molar-refractivity contribution >= 4 is 11.6 Å². The monoisotopic (exact) mass is 244 g/mol. The molecule has 0 amide bonds. The zero-order valence-corrected chi connectivity index (χ0v) is 8.80. The molecule has 4 nitrogen and oxygen atoms in total. The van der Waals surface area contributed by atoms with Crippen LogP contribution in [0, 0.1) is 17.5 Å². The van der Waals surface area contributed by atoms with Gasteiger partial charge in [0.2, 0.25) is 5.96 Å². The Balaban J connectivity index is 2.20. The van der Waals surface area contributed by atoms with Crippen LogP contribution >= 0.6 is 0 Å². The molecular weight excluding hydrogens is 233 g/mol. The lowest BCUT2D eigenvalue weighted by Crippen LogP contribution is -2.36. The maximum absolute atomic E-state index is 13.3. The Hall–Kier alpha value is -1.76. The van der Waals surface area contributed by atoms with Crippen LogP contribution in [0.15, 0.2) is 17.1 Å². The minimum absolute atomic E-state index is 0.123. The Morgan fingerprint density at radius 3 is 2.53 bits per heavy atom. The van der Waals surface area contributed by atoms with Gasteiger partial charge in [0.25, 0.3) is 0 Å². The van der Waals surface area contributed by atoms with Gasteiger partial charge >= 0.3 is 0 Å². The molecule has 2 rings (SSSR count). The number of nitrogens with two attached hydrogens (primary N) is 1. The second-order valence-electron chi connectivity index (χ2n) is 3.70. The molecule has 1 aliphatic rings. The lowest BCUT2D eigenvalue weighted by atomic mass is 10.3. The number of aliphatic imine (C=N–C) groups is 1. The molecule has 4 N–H and O–H groups in total. The van der Waals surface area contributed by atoms with E-state index in [9.17, 15) is 13.2 Å². The topological polar surface area (TPSA) is 62.4 Å². The van der Waals surface area contributed by atoms with E-state index >= 15 is 0 Å². The normalized spacial score (nSPS) is 15.9. The van der Waals surface area contributed by atoms with Crippen molar-refractivity contribution in [1.29, 1.82) is 0 Å². The van der Waals surface area contributed by atoms with Gasteiger partial charge in [0.05, 0.1) is 11.7 Å². The molecular formula is C10H11F3N4. The zero-order valence-electron chi connectivity index (χ0n) is 8.80. The Morgan fingerprint density at radius 1 is 1.24 bits per heavy atom. The van der Waals surface area contributed by atoms with Crippen molar-refractivity contribution in [3.05, 3.63) is 29.6 Å². The molecule has 7 heteroatoms. The molecule has 0 radical (unpaired) electrons. The largest absolute Gasteiger partial charge is 0.323 e. The lowest BCUT2D eigenvalue weighted by molar-refractivity contribution is 0.449. The van der Waals surface area contributed by atoms with Crippen LogP contribution in [0.4, 0.5) is 18.9 Å². The Kier molecular flexibility index (Phi) is 3.19. The molecule has 0 heterocycles. The molecule has 0 saturated heterocycles. The molecule has 1 fully saturated rings. The van der Waals surface area contributed by atoms with Crippen LogP contribution < -0.4 is 16.6 Å². The maximum Gasteiger partial charge on any atom is 0.210 e. The smallest absolute Gasteiger partial charge is 0.210 e. The number of rotatable bonds is 2. The highest BCUT2D eigenvalue weighted by atomic mass is 19.2. The highest BCUT2D eigenvalue weighted by Gasteiger charge is 2.21. The molecule has 1 aliphatic carbocycles. The number of nitrogens with one attached hydrogen (secondary N) is 2. The third-order valence-electron chi connectivity index (χ3n) is 2.28. The highest BCUT2D eigenvalue weighted by molar-refractivity contribution is 5.93. The molecule has 0 unspecified atom stereocenters. The standard InChI is InChI=1S/C10H11F3N4/c11-6-3-4-7(9(13)8(6)12)16-10(17-14)15-5-1-2-5/h3-5H,1-2,14H2,(H2,15,16,17). The van der Waals surface area contributed by atoms with Gasteiger partial charge in [-0.3, -0.25) is 5.43 Å². The fourth-order valence-corrected chi connectivity index (χ4v) is 1.24. The molecule has 0 aromatic heterocycles. The van der Waals surface area contributed by atoms with E-state index in [-0.39, 0.29) is 17.7 Å². The van der Waals surface area contributed by atoms with Crippen LogP contribution in [-0.4, -0.2) is 12.0 Å². The quantitative estimate of drug-likeness (QED) is 0.243. The van der Waals surface area contributed by atoms with Gasteiger partial charge in [-0.15, -0.1) is 0 Å². The summed E-state index contributed by atoms with van der Waals surface area (Å²) in [6.45, 7) is 0. The zero-order chi connectivity index (χ0) is 12.4. The van der Waals surface area contributed by atoms with Crippen molar-refractivity contribution < 1.29 is 13.2 Å². The van der Waals surface area contributed by atoms with E-state index in [1.54, 1.807) is 0 Å². The Labute approximate surface area is 95.7 Å². The fourth-order valence-electron chi connectivity index (χ4n) is 1.24. The summed E-state index contributed by atoms with van der Waals surface area (Å²) in [7, 11) is 0. The Bertz CT molecular complexity index is 457. The molecule has 1 aromatic carbocycles. The van der Waals surface area contributed by atoms with Crippen molar-refractivity contribution in [2.45, 2.75) is 18.9 Å². The van der Waals surface area contributed by atoms with Crippen molar-refractivity contribution in [1.82, 2.24) is 5.43 Å². The predicted molar refractivity (Wildman–Crippen MR) is 57.7 cm³/mol. The van der Waals surface area contributed by atoms with Crippen LogP contribution in [0.2, 0.25) is 0 Å². The van der Waals surface area contributed by atoms with E-state index in [1.165, 1.54) is 0 Å². The average molecular weight is 244 g/mol. The highest BCUT2D eigenvalue weighted by Crippen LogP contribution is 2.24. The number of halogens is 3. The first kappa shape index (κ1) is 11.7.